The number of hydrogen-bond donors (Lipinski definition) is 1. The molecule has 0 unspecified atom stereocenters. The van der Waals surface area contributed by atoms with Gasteiger partial charge in [-0.25, -0.2) is 0 Å². The molecule has 33 heavy (non-hydrogen) atoms. The first-order chi connectivity index (χ1) is 16.0. The summed E-state index contributed by atoms with van der Waals surface area (Å²) in [7, 11) is 0. The van der Waals surface area contributed by atoms with Gasteiger partial charge in [0, 0.05) is 17.1 Å². The second-order valence-corrected chi connectivity index (χ2v) is 9.32. The van der Waals surface area contributed by atoms with Crippen LogP contribution in [-0.4, -0.2) is 12.5 Å². The van der Waals surface area contributed by atoms with E-state index in [0.29, 0.717) is 38.4 Å². The van der Waals surface area contributed by atoms with Crippen LogP contribution in [0.15, 0.2) is 81.2 Å². The van der Waals surface area contributed by atoms with Crippen molar-refractivity contribution in [3.05, 3.63) is 103 Å². The summed E-state index contributed by atoms with van der Waals surface area (Å²) < 4.78 is 7.31. The van der Waals surface area contributed by atoms with Gasteiger partial charge in [0.2, 0.25) is 0 Å². The van der Waals surface area contributed by atoms with Gasteiger partial charge in [-0.2, -0.15) is 5.26 Å². The predicted octanol–water partition coefficient (Wildman–Crippen LogP) is 7.10. The van der Waals surface area contributed by atoms with Crippen molar-refractivity contribution < 1.29 is 9.53 Å². The Bertz CT molecular complexity index is 1170. The smallest absolute Gasteiger partial charge is 0.261 e. The van der Waals surface area contributed by atoms with Crippen LogP contribution in [0.25, 0.3) is 6.08 Å². The average Bonchev–Trinajstić information content (AvgIpc) is 2.81. The molecule has 0 radical (unpaired) electrons. The van der Waals surface area contributed by atoms with Gasteiger partial charge < -0.3 is 10.1 Å². The van der Waals surface area contributed by atoms with Crippen molar-refractivity contribution in [2.75, 3.05) is 6.54 Å². The number of amides is 1. The Kier molecular flexibility index (Phi) is 9.56. The van der Waals surface area contributed by atoms with Crippen molar-refractivity contribution in [2.24, 2.45) is 0 Å². The number of halogens is 3. The third-order valence-corrected chi connectivity index (χ3v) is 6.34. The molecule has 0 aliphatic rings. The van der Waals surface area contributed by atoms with Gasteiger partial charge in [-0.05, 0) is 80.1 Å². The summed E-state index contributed by atoms with van der Waals surface area (Å²) in [5.74, 6) is 0.216. The Balaban J connectivity index is 1.62. The summed E-state index contributed by atoms with van der Waals surface area (Å²) in [5.41, 5.74) is 2.82. The minimum atomic E-state index is -0.392. The molecule has 0 heterocycles. The molecule has 0 aromatic heterocycles. The minimum absolute atomic E-state index is 0.0400. The molecule has 0 atom stereocenters. The molecular weight excluding hydrogens is 568 g/mol. The third kappa shape index (κ3) is 7.46. The van der Waals surface area contributed by atoms with Crippen molar-refractivity contribution in [3.8, 4) is 11.8 Å². The van der Waals surface area contributed by atoms with Gasteiger partial charge in [0.25, 0.3) is 5.91 Å². The fourth-order valence-corrected chi connectivity index (χ4v) is 4.76. The van der Waals surface area contributed by atoms with Gasteiger partial charge in [0.1, 0.15) is 24.0 Å². The summed E-state index contributed by atoms with van der Waals surface area (Å²) in [6.07, 6.45) is 3.21. The zero-order valence-corrected chi connectivity index (χ0v) is 21.6. The van der Waals surface area contributed by atoms with Crippen LogP contribution in [0.4, 0.5) is 0 Å². The maximum absolute atomic E-state index is 12.5. The SMILES string of the molecule is N#C/C(=C/c1cc(Br)c(OCc2ccccc2Cl)c(Br)c1)C(=O)NCCCc1ccccc1. The van der Waals surface area contributed by atoms with Crippen LogP contribution in [0.5, 0.6) is 5.75 Å². The van der Waals surface area contributed by atoms with Crippen LogP contribution in [-0.2, 0) is 17.8 Å². The van der Waals surface area contributed by atoms with Crippen LogP contribution in [0.1, 0.15) is 23.1 Å². The fourth-order valence-electron chi connectivity index (χ4n) is 3.12. The van der Waals surface area contributed by atoms with E-state index in [9.17, 15) is 10.1 Å². The Hall–Kier alpha value is -2.59. The molecule has 3 rings (SSSR count). The number of rotatable bonds is 9. The topological polar surface area (TPSA) is 62.1 Å². The highest BCUT2D eigenvalue weighted by Crippen LogP contribution is 2.36. The molecule has 3 aromatic rings. The summed E-state index contributed by atoms with van der Waals surface area (Å²) >= 11 is 13.2. The maximum atomic E-state index is 12.5. The van der Waals surface area contributed by atoms with Gasteiger partial charge in [0.05, 0.1) is 8.95 Å². The third-order valence-electron chi connectivity index (χ3n) is 4.80. The summed E-state index contributed by atoms with van der Waals surface area (Å²) in [6.45, 7) is 0.801. The van der Waals surface area contributed by atoms with Gasteiger partial charge >= 0.3 is 0 Å². The van der Waals surface area contributed by atoms with Crippen LogP contribution >= 0.6 is 43.5 Å². The maximum Gasteiger partial charge on any atom is 0.261 e. The average molecular weight is 589 g/mol. The fraction of sp³-hybridized carbons (Fsp3) is 0.154. The van der Waals surface area contributed by atoms with E-state index in [1.807, 2.05) is 48.5 Å². The lowest BCUT2D eigenvalue weighted by Crippen LogP contribution is -2.25. The molecule has 4 nitrogen and oxygen atoms in total. The zero-order chi connectivity index (χ0) is 23.6. The number of carbonyl (C=O) groups excluding carboxylic acids is 1. The quantitative estimate of drug-likeness (QED) is 0.165. The number of benzene rings is 3. The van der Waals surface area contributed by atoms with E-state index in [1.165, 1.54) is 5.56 Å². The highest BCUT2D eigenvalue weighted by Gasteiger charge is 2.13. The first kappa shape index (κ1) is 25.0. The molecule has 3 aromatic carbocycles. The minimum Gasteiger partial charge on any atom is -0.486 e. The number of aryl methyl sites for hydroxylation is 1. The lowest BCUT2D eigenvalue weighted by Gasteiger charge is -2.12. The predicted molar refractivity (Wildman–Crippen MR) is 139 cm³/mol. The number of ether oxygens (including phenoxy) is 1. The molecule has 0 bridgehead atoms. The molecule has 0 fully saturated rings. The number of hydrogen-bond acceptors (Lipinski definition) is 3. The van der Waals surface area contributed by atoms with Crippen molar-refractivity contribution >= 4 is 55.4 Å². The molecule has 0 saturated heterocycles. The molecule has 0 saturated carbocycles. The molecule has 168 valence electrons. The molecule has 7 heteroatoms. The van der Waals surface area contributed by atoms with Crippen molar-refractivity contribution in [3.63, 3.8) is 0 Å². The molecule has 0 aliphatic heterocycles. The van der Waals surface area contributed by atoms with E-state index in [1.54, 1.807) is 18.2 Å². The van der Waals surface area contributed by atoms with Gasteiger partial charge in [0.15, 0.2) is 0 Å². The Morgan fingerprint density at radius 3 is 2.39 bits per heavy atom. The monoisotopic (exact) mass is 586 g/mol. The van der Waals surface area contributed by atoms with Gasteiger partial charge in [-0.15, -0.1) is 0 Å². The van der Waals surface area contributed by atoms with E-state index in [4.69, 9.17) is 16.3 Å². The number of nitrogens with zero attached hydrogens (tertiary/aromatic N) is 1. The summed E-state index contributed by atoms with van der Waals surface area (Å²) in [4.78, 5) is 12.5. The Labute approximate surface area is 215 Å². The first-order valence-corrected chi connectivity index (χ1v) is 12.2. The highest BCUT2D eigenvalue weighted by atomic mass is 79.9. The lowest BCUT2D eigenvalue weighted by atomic mass is 10.1. The Morgan fingerprint density at radius 2 is 1.73 bits per heavy atom. The van der Waals surface area contributed by atoms with E-state index in [-0.39, 0.29) is 5.57 Å². The molecule has 0 spiro atoms. The Morgan fingerprint density at radius 1 is 1.06 bits per heavy atom. The van der Waals surface area contributed by atoms with E-state index >= 15 is 0 Å². The zero-order valence-electron chi connectivity index (χ0n) is 17.7. The largest absolute Gasteiger partial charge is 0.486 e. The molecule has 1 N–H and O–H groups in total. The number of nitriles is 1. The normalized spacial score (nSPS) is 11.0. The second kappa shape index (κ2) is 12.6. The van der Waals surface area contributed by atoms with E-state index in [2.05, 4.69) is 49.3 Å². The van der Waals surface area contributed by atoms with Crippen LogP contribution in [0, 0.1) is 11.3 Å². The van der Waals surface area contributed by atoms with Crippen LogP contribution in [0.3, 0.4) is 0 Å². The van der Waals surface area contributed by atoms with Gasteiger partial charge in [-0.3, -0.25) is 4.79 Å². The highest BCUT2D eigenvalue weighted by molar-refractivity contribution is 9.11. The van der Waals surface area contributed by atoms with Crippen molar-refractivity contribution in [2.45, 2.75) is 19.4 Å². The molecule has 0 aliphatic carbocycles. The van der Waals surface area contributed by atoms with Crippen LogP contribution < -0.4 is 10.1 Å². The summed E-state index contributed by atoms with van der Waals surface area (Å²) in [6, 6.07) is 23.1. The van der Waals surface area contributed by atoms with Crippen molar-refractivity contribution in [1.82, 2.24) is 5.32 Å². The van der Waals surface area contributed by atoms with E-state index in [0.717, 1.165) is 18.4 Å². The second-order valence-electron chi connectivity index (χ2n) is 7.21. The lowest BCUT2D eigenvalue weighted by molar-refractivity contribution is -0.117. The van der Waals surface area contributed by atoms with Crippen molar-refractivity contribution in [1.29, 1.82) is 5.26 Å². The number of carbonyl (C=O) groups is 1. The molecular formula is C26H21Br2ClN2O2. The van der Waals surface area contributed by atoms with Gasteiger partial charge in [-0.1, -0.05) is 60.1 Å². The standard InChI is InChI=1S/C26H21Br2ClN2O2/c27-22-14-19(15-23(28)25(22)33-17-20-10-4-5-11-24(20)29)13-21(16-30)26(32)31-12-6-9-18-7-2-1-3-8-18/h1-5,7-8,10-11,13-15H,6,9,12,17H2,(H,31,32)/b21-13-. The van der Waals surface area contributed by atoms with Crippen LogP contribution in [0.2, 0.25) is 5.02 Å². The first-order valence-electron chi connectivity index (χ1n) is 10.3. The van der Waals surface area contributed by atoms with E-state index < -0.39 is 5.91 Å². The summed E-state index contributed by atoms with van der Waals surface area (Å²) in [5, 5.41) is 12.9. The number of nitrogens with one attached hydrogen (secondary N) is 1. The molecule has 1 amide bonds.